The number of allylic oxidation sites excluding steroid dienone is 2. The van der Waals surface area contributed by atoms with E-state index >= 15 is 0 Å². The third-order valence-corrected chi connectivity index (χ3v) is 6.47. The third kappa shape index (κ3) is 4.10. The van der Waals surface area contributed by atoms with Crippen LogP contribution in [0.2, 0.25) is 0 Å². The number of carbonyl (C=O) groups is 3. The van der Waals surface area contributed by atoms with Crippen molar-refractivity contribution in [3.8, 4) is 11.1 Å². The van der Waals surface area contributed by atoms with Crippen molar-refractivity contribution < 1.29 is 19.5 Å². The summed E-state index contributed by atoms with van der Waals surface area (Å²) in [5.74, 6) is -3.50. The molecule has 2 amide bonds. The quantitative estimate of drug-likeness (QED) is 0.644. The zero-order valence-electron chi connectivity index (χ0n) is 16.6. The summed E-state index contributed by atoms with van der Waals surface area (Å²) in [6, 6.07) is 5.91. The average Bonchev–Trinajstić information content (AvgIpc) is 2.99. The Labute approximate surface area is 173 Å². The highest BCUT2D eigenvalue weighted by Gasteiger charge is 2.35. The predicted octanol–water partition coefficient (Wildman–Crippen LogP) is 4.04. The largest absolute Gasteiger partial charge is 0.481 e. The van der Waals surface area contributed by atoms with Gasteiger partial charge in [0.1, 0.15) is 5.00 Å². The lowest BCUT2D eigenvalue weighted by Crippen LogP contribution is -2.35. The van der Waals surface area contributed by atoms with Gasteiger partial charge in [-0.2, -0.15) is 0 Å². The first-order chi connectivity index (χ1) is 13.7. The molecule has 7 heteroatoms. The first kappa shape index (κ1) is 20.8. The number of benzene rings is 1. The fraction of sp³-hybridized carbons (Fsp3) is 0.318. The Kier molecular flexibility index (Phi) is 5.88. The lowest BCUT2D eigenvalue weighted by molar-refractivity contribution is -0.146. The Morgan fingerprint density at radius 2 is 1.72 bits per heavy atom. The van der Waals surface area contributed by atoms with Crippen molar-refractivity contribution in [1.82, 2.24) is 0 Å². The monoisotopic (exact) mass is 412 g/mol. The molecular formula is C22H24N2O4S. The van der Waals surface area contributed by atoms with E-state index in [4.69, 9.17) is 5.73 Å². The van der Waals surface area contributed by atoms with Crippen LogP contribution in [0.25, 0.3) is 11.1 Å². The molecule has 0 saturated heterocycles. The highest BCUT2D eigenvalue weighted by molar-refractivity contribution is 7.17. The molecule has 0 saturated carbocycles. The number of aliphatic carboxylic acids is 1. The highest BCUT2D eigenvalue weighted by Crippen LogP contribution is 2.41. The van der Waals surface area contributed by atoms with Crippen LogP contribution in [-0.4, -0.2) is 22.9 Å². The molecule has 0 radical (unpaired) electrons. The van der Waals surface area contributed by atoms with Crippen LogP contribution in [0.15, 0.2) is 30.4 Å². The van der Waals surface area contributed by atoms with Crippen LogP contribution < -0.4 is 11.1 Å². The van der Waals surface area contributed by atoms with Gasteiger partial charge < -0.3 is 16.2 Å². The van der Waals surface area contributed by atoms with Crippen LogP contribution >= 0.6 is 11.3 Å². The summed E-state index contributed by atoms with van der Waals surface area (Å²) in [7, 11) is 0. The minimum atomic E-state index is -0.997. The van der Waals surface area contributed by atoms with Gasteiger partial charge in [0.15, 0.2) is 0 Å². The van der Waals surface area contributed by atoms with E-state index in [1.165, 1.54) is 11.3 Å². The summed E-state index contributed by atoms with van der Waals surface area (Å²) in [5.41, 5.74) is 9.74. The summed E-state index contributed by atoms with van der Waals surface area (Å²) in [6.45, 7) is 5.88. The number of aryl methyl sites for hydroxylation is 3. The summed E-state index contributed by atoms with van der Waals surface area (Å²) < 4.78 is 0. The fourth-order valence-corrected chi connectivity index (χ4v) is 4.78. The molecule has 4 N–H and O–H groups in total. The van der Waals surface area contributed by atoms with Crippen molar-refractivity contribution in [3.63, 3.8) is 0 Å². The van der Waals surface area contributed by atoms with Gasteiger partial charge in [0.25, 0.3) is 5.91 Å². The molecule has 1 aromatic heterocycles. The number of amides is 2. The maximum Gasteiger partial charge on any atom is 0.307 e. The van der Waals surface area contributed by atoms with Gasteiger partial charge in [-0.3, -0.25) is 14.4 Å². The van der Waals surface area contributed by atoms with Crippen LogP contribution in [0.1, 0.15) is 39.2 Å². The van der Waals surface area contributed by atoms with E-state index in [2.05, 4.69) is 5.32 Å². The van der Waals surface area contributed by atoms with Crippen molar-refractivity contribution >= 4 is 34.1 Å². The van der Waals surface area contributed by atoms with E-state index in [1.807, 2.05) is 45.0 Å². The molecular weight excluding hydrogens is 388 g/mol. The second-order valence-corrected chi connectivity index (χ2v) is 8.61. The number of hydrogen-bond donors (Lipinski definition) is 3. The number of hydrogen-bond acceptors (Lipinski definition) is 4. The van der Waals surface area contributed by atoms with Gasteiger partial charge in [-0.25, -0.2) is 0 Å². The number of anilines is 1. The average molecular weight is 413 g/mol. The molecule has 0 fully saturated rings. The Hall–Kier alpha value is -2.93. The zero-order valence-corrected chi connectivity index (χ0v) is 17.4. The maximum absolute atomic E-state index is 12.9. The molecule has 1 aliphatic rings. The minimum absolute atomic E-state index is 0.266. The Bertz CT molecular complexity index is 1020. The van der Waals surface area contributed by atoms with E-state index in [-0.39, 0.29) is 5.56 Å². The molecule has 1 aromatic carbocycles. The molecule has 2 unspecified atom stereocenters. The normalized spacial score (nSPS) is 18.4. The topological polar surface area (TPSA) is 109 Å². The third-order valence-electron chi connectivity index (χ3n) is 5.45. The molecule has 6 nitrogen and oxygen atoms in total. The van der Waals surface area contributed by atoms with Gasteiger partial charge in [-0.15, -0.1) is 11.3 Å². The molecule has 152 valence electrons. The van der Waals surface area contributed by atoms with E-state index in [9.17, 15) is 19.5 Å². The fourth-order valence-electron chi connectivity index (χ4n) is 3.69. The van der Waals surface area contributed by atoms with E-state index in [0.717, 1.165) is 21.6 Å². The first-order valence-electron chi connectivity index (χ1n) is 9.40. The maximum atomic E-state index is 12.9. The van der Waals surface area contributed by atoms with Crippen LogP contribution in [-0.2, 0) is 9.59 Å². The standard InChI is InChI=1S/C22H24N2O4S/c1-11-8-9-14(10-12(11)2)17-13(3)29-21(18(17)19(23)25)24-20(26)15-6-4-5-7-16(15)22(27)28/h4-5,8-10,15-16H,6-7H2,1-3H3,(H2,23,25)(H,24,26)(H,27,28). The van der Waals surface area contributed by atoms with Crippen LogP contribution in [0, 0.1) is 32.6 Å². The number of nitrogens with two attached hydrogens (primary N) is 1. The number of nitrogens with one attached hydrogen (secondary N) is 1. The van der Waals surface area contributed by atoms with Gasteiger partial charge in [-0.1, -0.05) is 30.4 Å². The van der Waals surface area contributed by atoms with E-state index in [0.29, 0.717) is 23.4 Å². The molecule has 1 aliphatic carbocycles. The van der Waals surface area contributed by atoms with Crippen LogP contribution in [0.5, 0.6) is 0 Å². The lowest BCUT2D eigenvalue weighted by Gasteiger charge is -2.24. The number of carboxylic acids is 1. The summed E-state index contributed by atoms with van der Waals surface area (Å²) in [4.78, 5) is 37.5. The van der Waals surface area contributed by atoms with Crippen molar-refractivity contribution in [2.75, 3.05) is 5.32 Å². The molecule has 0 bridgehead atoms. The molecule has 1 heterocycles. The van der Waals surface area contributed by atoms with Gasteiger partial charge in [-0.05, 0) is 50.3 Å². The number of rotatable bonds is 5. The van der Waals surface area contributed by atoms with Crippen molar-refractivity contribution in [2.24, 2.45) is 17.6 Å². The van der Waals surface area contributed by atoms with Gasteiger partial charge >= 0.3 is 5.97 Å². The molecule has 29 heavy (non-hydrogen) atoms. The number of carboxylic acid groups (broad SMARTS) is 1. The second-order valence-electron chi connectivity index (χ2n) is 7.38. The summed E-state index contributed by atoms with van der Waals surface area (Å²) >= 11 is 1.28. The number of primary amides is 1. The number of carbonyl (C=O) groups excluding carboxylic acids is 2. The van der Waals surface area contributed by atoms with E-state index < -0.39 is 29.6 Å². The van der Waals surface area contributed by atoms with E-state index in [1.54, 1.807) is 6.08 Å². The molecule has 3 rings (SSSR count). The smallest absolute Gasteiger partial charge is 0.307 e. The number of thiophene rings is 1. The Morgan fingerprint density at radius 1 is 1.07 bits per heavy atom. The zero-order chi connectivity index (χ0) is 21.3. The molecule has 2 aromatic rings. The van der Waals surface area contributed by atoms with Crippen molar-refractivity contribution in [2.45, 2.75) is 33.6 Å². The molecule has 0 aliphatic heterocycles. The summed E-state index contributed by atoms with van der Waals surface area (Å²) in [5, 5.41) is 12.6. The van der Waals surface area contributed by atoms with Gasteiger partial charge in [0.05, 0.1) is 17.4 Å². The van der Waals surface area contributed by atoms with Gasteiger partial charge in [0.2, 0.25) is 5.91 Å². The molecule has 2 atom stereocenters. The Morgan fingerprint density at radius 3 is 2.31 bits per heavy atom. The first-order valence-corrected chi connectivity index (χ1v) is 10.2. The van der Waals surface area contributed by atoms with Crippen LogP contribution in [0.3, 0.4) is 0 Å². The van der Waals surface area contributed by atoms with Crippen molar-refractivity contribution in [3.05, 3.63) is 51.9 Å². The minimum Gasteiger partial charge on any atom is -0.481 e. The second kappa shape index (κ2) is 8.21. The molecule has 0 spiro atoms. The highest BCUT2D eigenvalue weighted by atomic mass is 32.1. The summed E-state index contributed by atoms with van der Waals surface area (Å²) in [6.07, 6.45) is 4.26. The van der Waals surface area contributed by atoms with Crippen LogP contribution in [0.4, 0.5) is 5.00 Å². The SMILES string of the molecule is Cc1ccc(-c2c(C)sc(NC(=O)C3CC=CCC3C(=O)O)c2C(N)=O)cc1C. The lowest BCUT2D eigenvalue weighted by atomic mass is 9.82. The predicted molar refractivity (Wildman–Crippen MR) is 114 cm³/mol. The Balaban J connectivity index is 1.99. The van der Waals surface area contributed by atoms with Gasteiger partial charge in [0, 0.05) is 10.4 Å². The van der Waals surface area contributed by atoms with Crippen molar-refractivity contribution in [1.29, 1.82) is 0 Å².